The summed E-state index contributed by atoms with van der Waals surface area (Å²) in [7, 11) is 0. The van der Waals surface area contributed by atoms with Gasteiger partial charge in [0, 0.05) is 25.2 Å². The minimum absolute atomic E-state index is 0.149. The first-order chi connectivity index (χ1) is 11.1. The molecule has 1 aliphatic heterocycles. The molecule has 2 aromatic rings. The molecular weight excluding hydrogens is 292 g/mol. The van der Waals surface area contributed by atoms with E-state index in [2.05, 4.69) is 10.1 Å². The third kappa shape index (κ3) is 3.70. The van der Waals surface area contributed by atoms with Crippen LogP contribution in [0.5, 0.6) is 0 Å². The Bertz CT molecular complexity index is 683. The summed E-state index contributed by atoms with van der Waals surface area (Å²) >= 11 is 0. The van der Waals surface area contributed by atoms with Gasteiger partial charge < -0.3 is 15.2 Å². The lowest BCUT2D eigenvalue weighted by Crippen LogP contribution is -2.39. The van der Waals surface area contributed by atoms with Gasteiger partial charge in [-0.1, -0.05) is 23.4 Å². The molecule has 6 heteroatoms. The van der Waals surface area contributed by atoms with E-state index >= 15 is 0 Å². The van der Waals surface area contributed by atoms with E-state index in [1.165, 1.54) is 0 Å². The van der Waals surface area contributed by atoms with E-state index in [-0.39, 0.29) is 11.8 Å². The van der Waals surface area contributed by atoms with Gasteiger partial charge in [0.05, 0.1) is 5.92 Å². The number of nitrogen functional groups attached to an aromatic ring is 1. The molecule has 0 radical (unpaired) electrons. The maximum Gasteiger partial charge on any atom is 0.231 e. The summed E-state index contributed by atoms with van der Waals surface area (Å²) in [5.74, 6) is 1.60. The molecule has 1 amide bonds. The van der Waals surface area contributed by atoms with Gasteiger partial charge >= 0.3 is 0 Å². The summed E-state index contributed by atoms with van der Waals surface area (Å²) < 4.78 is 5.26. The van der Waals surface area contributed by atoms with Crippen molar-refractivity contribution in [2.75, 3.05) is 18.8 Å². The van der Waals surface area contributed by atoms with E-state index in [1.807, 2.05) is 36.1 Å². The Morgan fingerprint density at radius 1 is 1.43 bits per heavy atom. The van der Waals surface area contributed by atoms with Crippen LogP contribution >= 0.6 is 0 Å². The number of hydrogen-bond donors (Lipinski definition) is 1. The predicted molar refractivity (Wildman–Crippen MR) is 86.8 cm³/mol. The monoisotopic (exact) mass is 314 g/mol. The molecule has 1 aliphatic rings. The van der Waals surface area contributed by atoms with Gasteiger partial charge in [-0.25, -0.2) is 0 Å². The van der Waals surface area contributed by atoms with Crippen LogP contribution in [0.3, 0.4) is 0 Å². The smallest absolute Gasteiger partial charge is 0.231 e. The minimum atomic E-state index is 0.149. The van der Waals surface area contributed by atoms with Crippen molar-refractivity contribution in [2.45, 2.75) is 38.5 Å². The van der Waals surface area contributed by atoms with E-state index in [0.717, 1.165) is 30.6 Å². The van der Waals surface area contributed by atoms with Crippen LogP contribution in [0.25, 0.3) is 0 Å². The second-order valence-corrected chi connectivity index (χ2v) is 6.06. The highest BCUT2D eigenvalue weighted by Crippen LogP contribution is 2.26. The van der Waals surface area contributed by atoms with Gasteiger partial charge in [-0.05, 0) is 37.8 Å². The number of anilines is 1. The summed E-state index contributed by atoms with van der Waals surface area (Å²) in [5.41, 5.74) is 7.71. The van der Waals surface area contributed by atoms with Crippen molar-refractivity contribution >= 4 is 11.6 Å². The molecule has 2 N–H and O–H groups in total. The first kappa shape index (κ1) is 15.5. The van der Waals surface area contributed by atoms with Gasteiger partial charge in [0.2, 0.25) is 11.8 Å². The van der Waals surface area contributed by atoms with Crippen LogP contribution < -0.4 is 5.73 Å². The maximum absolute atomic E-state index is 12.5. The first-order valence-electron chi connectivity index (χ1n) is 8.05. The Morgan fingerprint density at radius 2 is 2.26 bits per heavy atom. The lowest BCUT2D eigenvalue weighted by molar-refractivity contribution is -0.132. The van der Waals surface area contributed by atoms with Crippen molar-refractivity contribution in [1.82, 2.24) is 15.0 Å². The van der Waals surface area contributed by atoms with Crippen molar-refractivity contribution in [2.24, 2.45) is 0 Å². The van der Waals surface area contributed by atoms with Crippen LogP contribution in [-0.2, 0) is 11.2 Å². The molecule has 0 spiro atoms. The molecule has 3 rings (SSSR count). The fraction of sp³-hybridized carbons (Fsp3) is 0.471. The van der Waals surface area contributed by atoms with Gasteiger partial charge in [-0.2, -0.15) is 4.98 Å². The second-order valence-electron chi connectivity index (χ2n) is 6.06. The minimum Gasteiger partial charge on any atom is -0.399 e. The average Bonchev–Trinajstić information content (AvgIpc) is 3.00. The van der Waals surface area contributed by atoms with E-state index in [1.54, 1.807) is 0 Å². The van der Waals surface area contributed by atoms with Crippen LogP contribution in [-0.4, -0.2) is 34.0 Å². The predicted octanol–water partition coefficient (Wildman–Crippen LogP) is 2.30. The number of hydrogen-bond acceptors (Lipinski definition) is 5. The number of carbonyl (C=O) groups excluding carboxylic acids is 1. The molecular formula is C17H22N4O2. The normalized spacial score (nSPS) is 18.1. The standard InChI is InChI=1S/C17H22N4O2/c1-12-19-17(23-20-12)14-6-4-10-21(11-14)16(22)9-8-13-5-2-3-7-15(13)18/h2-3,5,7,14H,4,6,8-11,18H2,1H3. The molecule has 1 saturated heterocycles. The SMILES string of the molecule is Cc1noc(C2CCCN(C(=O)CCc3ccccc3N)C2)n1. The molecule has 23 heavy (non-hydrogen) atoms. The highest BCUT2D eigenvalue weighted by molar-refractivity contribution is 5.77. The Balaban J connectivity index is 1.58. The number of likely N-dealkylation sites (tertiary alicyclic amines) is 1. The maximum atomic E-state index is 12.5. The molecule has 6 nitrogen and oxygen atoms in total. The number of aromatic nitrogens is 2. The fourth-order valence-electron chi connectivity index (χ4n) is 3.05. The average molecular weight is 314 g/mol. The number of rotatable bonds is 4. The topological polar surface area (TPSA) is 85.2 Å². The molecule has 1 fully saturated rings. The van der Waals surface area contributed by atoms with Crippen molar-refractivity contribution in [3.8, 4) is 0 Å². The summed E-state index contributed by atoms with van der Waals surface area (Å²) in [6.07, 6.45) is 3.10. The quantitative estimate of drug-likeness (QED) is 0.875. The van der Waals surface area contributed by atoms with Crippen LogP contribution in [0.4, 0.5) is 5.69 Å². The first-order valence-corrected chi connectivity index (χ1v) is 8.05. The van der Waals surface area contributed by atoms with Crippen molar-refractivity contribution in [1.29, 1.82) is 0 Å². The van der Waals surface area contributed by atoms with Gasteiger partial charge in [-0.3, -0.25) is 4.79 Å². The van der Waals surface area contributed by atoms with Gasteiger partial charge in [0.15, 0.2) is 5.82 Å². The molecule has 1 aromatic heterocycles. The Kier molecular flexibility index (Phi) is 4.60. The van der Waals surface area contributed by atoms with Gasteiger partial charge in [-0.15, -0.1) is 0 Å². The Morgan fingerprint density at radius 3 is 3.00 bits per heavy atom. The number of para-hydroxylation sites is 1. The van der Waals surface area contributed by atoms with E-state index in [4.69, 9.17) is 10.3 Å². The Hall–Kier alpha value is -2.37. The lowest BCUT2D eigenvalue weighted by Gasteiger charge is -2.31. The number of nitrogens with two attached hydrogens (primary N) is 1. The zero-order valence-corrected chi connectivity index (χ0v) is 13.4. The number of carbonyl (C=O) groups is 1. The molecule has 1 unspecified atom stereocenters. The largest absolute Gasteiger partial charge is 0.399 e. The van der Waals surface area contributed by atoms with Crippen molar-refractivity contribution in [3.63, 3.8) is 0 Å². The summed E-state index contributed by atoms with van der Waals surface area (Å²) in [4.78, 5) is 18.7. The molecule has 0 aliphatic carbocycles. The fourth-order valence-corrected chi connectivity index (χ4v) is 3.05. The number of aryl methyl sites for hydroxylation is 2. The van der Waals surface area contributed by atoms with Crippen molar-refractivity contribution in [3.05, 3.63) is 41.5 Å². The number of nitrogens with zero attached hydrogens (tertiary/aromatic N) is 3. The molecule has 122 valence electrons. The molecule has 1 atom stereocenters. The zero-order chi connectivity index (χ0) is 16.2. The Labute approximate surface area is 135 Å². The van der Waals surface area contributed by atoms with E-state index in [9.17, 15) is 4.79 Å². The second kappa shape index (κ2) is 6.81. The van der Waals surface area contributed by atoms with Crippen molar-refractivity contribution < 1.29 is 9.32 Å². The van der Waals surface area contributed by atoms with Crippen LogP contribution in [0.15, 0.2) is 28.8 Å². The van der Waals surface area contributed by atoms with Crippen LogP contribution in [0.2, 0.25) is 0 Å². The summed E-state index contributed by atoms with van der Waals surface area (Å²) in [6.45, 7) is 3.26. The summed E-state index contributed by atoms with van der Waals surface area (Å²) in [5, 5.41) is 3.84. The number of benzene rings is 1. The highest BCUT2D eigenvalue weighted by atomic mass is 16.5. The third-order valence-corrected chi connectivity index (χ3v) is 4.33. The number of amides is 1. The highest BCUT2D eigenvalue weighted by Gasteiger charge is 2.28. The lowest BCUT2D eigenvalue weighted by atomic mass is 9.97. The zero-order valence-electron chi connectivity index (χ0n) is 13.4. The molecule has 2 heterocycles. The van der Waals surface area contributed by atoms with E-state index < -0.39 is 0 Å². The number of piperidine rings is 1. The molecule has 0 saturated carbocycles. The summed E-state index contributed by atoms with van der Waals surface area (Å²) in [6, 6.07) is 7.70. The van der Waals surface area contributed by atoms with Crippen LogP contribution in [0.1, 0.15) is 42.5 Å². The molecule has 0 bridgehead atoms. The molecule has 1 aromatic carbocycles. The third-order valence-electron chi connectivity index (χ3n) is 4.33. The van der Waals surface area contributed by atoms with Crippen LogP contribution in [0, 0.1) is 6.92 Å². The van der Waals surface area contributed by atoms with Gasteiger partial charge in [0.25, 0.3) is 0 Å². The van der Waals surface area contributed by atoms with E-state index in [0.29, 0.717) is 31.1 Å². The van der Waals surface area contributed by atoms with Gasteiger partial charge in [0.1, 0.15) is 0 Å².